The average molecular weight is 515 g/mol. The highest BCUT2D eigenvalue weighted by atomic mass is 16.6. The molecule has 1 rings (SSSR count). The van der Waals surface area contributed by atoms with Crippen LogP contribution in [0.4, 0.5) is 4.79 Å². The van der Waals surface area contributed by atoms with Crippen molar-refractivity contribution in [3.05, 3.63) is 35.4 Å². The molecule has 9 nitrogen and oxygen atoms in total. The third kappa shape index (κ3) is 10.5. The van der Waals surface area contributed by atoms with Gasteiger partial charge in [-0.15, -0.1) is 6.42 Å². The number of amides is 4. The van der Waals surface area contributed by atoms with Gasteiger partial charge >= 0.3 is 6.09 Å². The summed E-state index contributed by atoms with van der Waals surface area (Å²) in [7, 11) is 0. The lowest BCUT2D eigenvalue weighted by Crippen LogP contribution is -2.54. The Balaban J connectivity index is 3.57. The summed E-state index contributed by atoms with van der Waals surface area (Å²) in [6.45, 7) is 11.1. The Kier molecular flexibility index (Phi) is 12.7. The minimum Gasteiger partial charge on any atom is -0.444 e. The van der Waals surface area contributed by atoms with Crippen LogP contribution in [0.1, 0.15) is 90.8 Å². The Morgan fingerprint density at radius 1 is 1.11 bits per heavy atom. The van der Waals surface area contributed by atoms with E-state index < -0.39 is 47.9 Å². The van der Waals surface area contributed by atoms with Crippen molar-refractivity contribution in [1.82, 2.24) is 15.5 Å². The zero-order valence-corrected chi connectivity index (χ0v) is 22.9. The summed E-state index contributed by atoms with van der Waals surface area (Å²) in [6.07, 6.45) is 7.35. The second-order valence-corrected chi connectivity index (χ2v) is 10.1. The maximum atomic E-state index is 13.9. The molecule has 0 aromatic heterocycles. The van der Waals surface area contributed by atoms with Gasteiger partial charge in [0.1, 0.15) is 17.7 Å². The maximum Gasteiger partial charge on any atom is 0.408 e. The number of carbonyl (C=O) groups excluding carboxylic acids is 4. The van der Waals surface area contributed by atoms with Crippen molar-refractivity contribution >= 4 is 23.8 Å². The Morgan fingerprint density at radius 2 is 1.76 bits per heavy atom. The molecule has 0 spiro atoms. The monoisotopic (exact) mass is 514 g/mol. The normalized spacial score (nSPS) is 13.4. The van der Waals surface area contributed by atoms with Gasteiger partial charge in [-0.25, -0.2) is 4.79 Å². The molecule has 0 bridgehead atoms. The highest BCUT2D eigenvalue weighted by molar-refractivity contribution is 5.94. The van der Waals surface area contributed by atoms with Gasteiger partial charge < -0.3 is 26.0 Å². The summed E-state index contributed by atoms with van der Waals surface area (Å²) < 4.78 is 5.29. The van der Waals surface area contributed by atoms with Crippen molar-refractivity contribution < 1.29 is 23.9 Å². The van der Waals surface area contributed by atoms with Crippen molar-refractivity contribution in [3.63, 3.8) is 0 Å². The lowest BCUT2D eigenvalue weighted by atomic mass is 9.96. The Hall–Kier alpha value is -3.54. The fourth-order valence-electron chi connectivity index (χ4n) is 3.89. The Morgan fingerprint density at radius 3 is 2.30 bits per heavy atom. The molecule has 0 fully saturated rings. The first-order valence-electron chi connectivity index (χ1n) is 12.8. The van der Waals surface area contributed by atoms with Crippen molar-refractivity contribution in [2.24, 2.45) is 5.73 Å². The van der Waals surface area contributed by atoms with Crippen LogP contribution in [-0.2, 0) is 19.1 Å². The molecule has 0 radical (unpaired) electrons. The molecule has 204 valence electrons. The topological polar surface area (TPSA) is 131 Å². The number of nitrogens with two attached hydrogens (primary N) is 1. The van der Waals surface area contributed by atoms with E-state index in [1.807, 2.05) is 20.8 Å². The molecule has 37 heavy (non-hydrogen) atoms. The Labute approximate surface area is 220 Å². The second kappa shape index (κ2) is 14.9. The van der Waals surface area contributed by atoms with Gasteiger partial charge in [0.25, 0.3) is 0 Å². The molecule has 4 amide bonds. The quantitative estimate of drug-likeness (QED) is 0.347. The number of hydrogen-bond donors (Lipinski definition) is 3. The van der Waals surface area contributed by atoms with Crippen LogP contribution in [0.3, 0.4) is 0 Å². The predicted molar refractivity (Wildman–Crippen MR) is 143 cm³/mol. The summed E-state index contributed by atoms with van der Waals surface area (Å²) in [4.78, 5) is 53.4. The van der Waals surface area contributed by atoms with Gasteiger partial charge in [0.2, 0.25) is 17.7 Å². The van der Waals surface area contributed by atoms with Gasteiger partial charge in [0, 0.05) is 18.2 Å². The number of terminal acetylenes is 1. The number of benzene rings is 1. The number of unbranched alkanes of at least 4 members (excludes halogenated alkanes) is 1. The number of nitrogens with zero attached hydrogens (tertiary/aromatic N) is 1. The summed E-state index contributed by atoms with van der Waals surface area (Å²) in [5.74, 6) is 0.780. The lowest BCUT2D eigenvalue weighted by molar-refractivity contribution is -0.143. The number of primary amides is 1. The fraction of sp³-hybridized carbons (Fsp3) is 0.571. The predicted octanol–water partition coefficient (Wildman–Crippen LogP) is 3.41. The van der Waals surface area contributed by atoms with Crippen LogP contribution in [0.15, 0.2) is 24.3 Å². The van der Waals surface area contributed by atoms with Crippen LogP contribution in [0.5, 0.6) is 0 Å². The second-order valence-electron chi connectivity index (χ2n) is 10.1. The highest BCUT2D eigenvalue weighted by Gasteiger charge is 2.37. The molecule has 0 aliphatic heterocycles. The van der Waals surface area contributed by atoms with Crippen LogP contribution >= 0.6 is 0 Å². The van der Waals surface area contributed by atoms with Crippen molar-refractivity contribution in [2.75, 3.05) is 6.54 Å². The summed E-state index contributed by atoms with van der Waals surface area (Å²) in [6, 6.07) is 4.36. The van der Waals surface area contributed by atoms with E-state index in [1.54, 1.807) is 45.0 Å². The Bertz CT molecular complexity index is 980. The molecule has 0 aliphatic rings. The summed E-state index contributed by atoms with van der Waals surface area (Å²) >= 11 is 0. The van der Waals surface area contributed by atoms with E-state index in [0.717, 1.165) is 19.3 Å². The molecule has 9 heteroatoms. The van der Waals surface area contributed by atoms with Gasteiger partial charge in [-0.1, -0.05) is 50.8 Å². The van der Waals surface area contributed by atoms with Crippen LogP contribution in [0.2, 0.25) is 0 Å². The van der Waals surface area contributed by atoms with Crippen LogP contribution in [0.25, 0.3) is 0 Å². The number of nitrogens with one attached hydrogen (secondary N) is 2. The van der Waals surface area contributed by atoms with E-state index in [2.05, 4.69) is 16.6 Å². The van der Waals surface area contributed by atoms with Crippen LogP contribution < -0.4 is 16.4 Å². The van der Waals surface area contributed by atoms with E-state index in [1.165, 1.54) is 4.90 Å². The molecule has 0 saturated carbocycles. The number of alkyl carbamates (subject to hydrolysis) is 1. The molecular weight excluding hydrogens is 472 g/mol. The van der Waals surface area contributed by atoms with E-state index in [0.29, 0.717) is 17.5 Å². The van der Waals surface area contributed by atoms with E-state index in [4.69, 9.17) is 16.9 Å². The van der Waals surface area contributed by atoms with Crippen LogP contribution in [0, 0.1) is 12.3 Å². The first-order valence-corrected chi connectivity index (χ1v) is 12.8. The van der Waals surface area contributed by atoms with Crippen molar-refractivity contribution in [1.29, 1.82) is 0 Å². The van der Waals surface area contributed by atoms with Crippen molar-refractivity contribution in [2.45, 2.75) is 97.4 Å². The minimum atomic E-state index is -1.33. The lowest BCUT2D eigenvalue weighted by Gasteiger charge is -2.35. The van der Waals surface area contributed by atoms with Gasteiger partial charge in [0.15, 0.2) is 0 Å². The molecule has 1 aromatic carbocycles. The maximum absolute atomic E-state index is 13.9. The minimum absolute atomic E-state index is 0.137. The largest absolute Gasteiger partial charge is 0.444 e. The number of ether oxygens (including phenoxy) is 1. The van der Waals surface area contributed by atoms with Crippen molar-refractivity contribution in [3.8, 4) is 12.3 Å². The van der Waals surface area contributed by atoms with Gasteiger partial charge in [-0.05, 0) is 52.2 Å². The zero-order chi connectivity index (χ0) is 28.2. The average Bonchev–Trinajstić information content (AvgIpc) is 2.79. The molecule has 0 aliphatic carbocycles. The highest BCUT2D eigenvalue weighted by Crippen LogP contribution is 2.27. The van der Waals surface area contributed by atoms with Gasteiger partial charge in [-0.2, -0.15) is 0 Å². The molecule has 4 N–H and O–H groups in total. The number of hydrogen-bond acceptors (Lipinski definition) is 5. The first-order chi connectivity index (χ1) is 17.3. The zero-order valence-electron chi connectivity index (χ0n) is 22.9. The first kappa shape index (κ1) is 31.5. The van der Waals surface area contributed by atoms with E-state index >= 15 is 0 Å². The molecule has 3 atom stereocenters. The molecule has 0 heterocycles. The summed E-state index contributed by atoms with van der Waals surface area (Å²) in [5, 5.41) is 5.46. The standard InChI is InChI=1S/C28H42N4O5/c1-8-11-17-32(26(35)22(18-23(29)33)31-27(36)37-28(5,6)7)24(25(34)30-19(4)14-9-2)21-16-13-12-15-20(21)10-3/h3,12-13,15-16,19,22,24H,8-9,11,14,17-18H2,1-2,4-7H3,(H2,29,33)(H,30,34)(H,31,36). The third-order valence-corrected chi connectivity index (χ3v) is 5.51. The van der Waals surface area contributed by atoms with E-state index in [-0.39, 0.29) is 12.6 Å². The molecule has 3 unspecified atom stereocenters. The SMILES string of the molecule is C#Cc1ccccc1C(C(=O)NC(C)CCC)N(CCCC)C(=O)C(CC(N)=O)NC(=O)OC(C)(C)C. The van der Waals surface area contributed by atoms with Crippen LogP contribution in [-0.4, -0.2) is 52.9 Å². The molecule has 1 aromatic rings. The molecule has 0 saturated heterocycles. The fourth-order valence-corrected chi connectivity index (χ4v) is 3.89. The number of rotatable bonds is 13. The third-order valence-electron chi connectivity index (χ3n) is 5.51. The smallest absolute Gasteiger partial charge is 0.408 e. The van der Waals surface area contributed by atoms with Gasteiger partial charge in [0.05, 0.1) is 6.42 Å². The summed E-state index contributed by atoms with van der Waals surface area (Å²) in [5.41, 5.74) is 5.54. The van der Waals surface area contributed by atoms with Gasteiger partial charge in [-0.3, -0.25) is 14.4 Å². The molecular formula is C28H42N4O5. The number of carbonyl (C=O) groups is 4. The van der Waals surface area contributed by atoms with E-state index in [9.17, 15) is 19.2 Å².